The van der Waals surface area contributed by atoms with E-state index in [1.54, 1.807) is 7.11 Å². The van der Waals surface area contributed by atoms with Crippen LogP contribution in [0, 0.1) is 13.8 Å². The summed E-state index contributed by atoms with van der Waals surface area (Å²) < 4.78 is 9.47. The summed E-state index contributed by atoms with van der Waals surface area (Å²) in [5, 5.41) is 0.00386. The van der Waals surface area contributed by atoms with Crippen molar-refractivity contribution in [1.82, 2.24) is 9.88 Å². The number of aromatic nitrogens is 1. The minimum atomic E-state index is 0.00386. The summed E-state index contributed by atoms with van der Waals surface area (Å²) in [4.78, 5) is 21.1. The highest BCUT2D eigenvalue weighted by molar-refractivity contribution is 9.10. The Morgan fingerprint density at radius 2 is 1.96 bits per heavy atom. The zero-order chi connectivity index (χ0) is 19.4. The molecular weight excluding hydrogens is 428 g/mol. The molecule has 0 aliphatic carbocycles. The molecule has 3 rings (SSSR count). The van der Waals surface area contributed by atoms with Crippen molar-refractivity contribution in [2.75, 3.05) is 42.9 Å². The molecule has 1 aliphatic rings. The number of nitrogens with zero attached hydrogens (tertiary/aromatic N) is 3. The van der Waals surface area contributed by atoms with Crippen LogP contribution >= 0.6 is 27.9 Å². The highest BCUT2D eigenvalue weighted by Crippen LogP contribution is 2.28. The van der Waals surface area contributed by atoms with Gasteiger partial charge in [0.15, 0.2) is 0 Å². The fourth-order valence-corrected chi connectivity index (χ4v) is 3.94. The maximum Gasteiger partial charge on any atom is 0.302 e. The van der Waals surface area contributed by atoms with Crippen LogP contribution in [-0.2, 0) is 0 Å². The average molecular weight is 451 g/mol. The van der Waals surface area contributed by atoms with Gasteiger partial charge in [0.1, 0.15) is 5.69 Å². The standard InChI is InChI=1S/C19H23BrN4O2S/c1-13-11-17(18(26-3)21-14(13)2)22-27-19(25)24-9-7-23(8-10-24)16-6-4-5-15(20)12-16/h4-6,11-12,22H,7-10H2,1-3H3. The van der Waals surface area contributed by atoms with E-state index in [2.05, 4.69) is 42.7 Å². The zero-order valence-corrected chi connectivity index (χ0v) is 18.1. The lowest BCUT2D eigenvalue weighted by atomic mass is 10.2. The fraction of sp³-hybridized carbons (Fsp3) is 0.368. The topological polar surface area (TPSA) is 57.7 Å². The molecule has 2 heterocycles. The highest BCUT2D eigenvalue weighted by atomic mass is 79.9. The maximum absolute atomic E-state index is 12.6. The van der Waals surface area contributed by atoms with Gasteiger partial charge >= 0.3 is 5.24 Å². The van der Waals surface area contributed by atoms with Crippen molar-refractivity contribution >= 4 is 44.5 Å². The normalized spacial score (nSPS) is 14.2. The SMILES string of the molecule is COc1nc(C)c(C)cc1NSC(=O)N1CCN(c2cccc(Br)c2)CC1. The molecule has 1 fully saturated rings. The number of ether oxygens (including phenoxy) is 1. The Kier molecular flexibility index (Phi) is 6.49. The first-order chi connectivity index (χ1) is 13.0. The Morgan fingerprint density at radius 1 is 1.22 bits per heavy atom. The van der Waals surface area contributed by atoms with Crippen LogP contribution in [0.25, 0.3) is 0 Å². The van der Waals surface area contributed by atoms with Crippen molar-refractivity contribution in [3.8, 4) is 5.88 Å². The minimum absolute atomic E-state index is 0.00386. The number of amides is 1. The lowest BCUT2D eigenvalue weighted by Crippen LogP contribution is -2.47. The molecule has 1 saturated heterocycles. The first-order valence-corrected chi connectivity index (χ1v) is 10.3. The molecule has 144 valence electrons. The number of piperazine rings is 1. The van der Waals surface area contributed by atoms with Gasteiger partial charge in [-0.05, 0) is 43.7 Å². The average Bonchev–Trinajstić information content (AvgIpc) is 2.68. The first kappa shape index (κ1) is 19.8. The van der Waals surface area contributed by atoms with E-state index >= 15 is 0 Å². The van der Waals surface area contributed by atoms with Crippen LogP contribution in [0.15, 0.2) is 34.8 Å². The molecule has 0 spiro atoms. The Bertz CT molecular complexity index is 825. The number of carbonyl (C=O) groups is 1. The summed E-state index contributed by atoms with van der Waals surface area (Å²) in [6, 6.07) is 10.2. The van der Waals surface area contributed by atoms with Gasteiger partial charge in [-0.2, -0.15) is 0 Å². The predicted molar refractivity (Wildman–Crippen MR) is 115 cm³/mol. The Labute approximate surface area is 172 Å². The molecule has 6 nitrogen and oxygen atoms in total. The number of pyridine rings is 1. The summed E-state index contributed by atoms with van der Waals surface area (Å²) in [7, 11) is 1.58. The van der Waals surface area contributed by atoms with Gasteiger partial charge in [0.25, 0.3) is 0 Å². The van der Waals surface area contributed by atoms with Gasteiger partial charge in [-0.25, -0.2) is 4.98 Å². The van der Waals surface area contributed by atoms with Gasteiger partial charge < -0.3 is 19.3 Å². The Morgan fingerprint density at radius 3 is 2.63 bits per heavy atom. The van der Waals surface area contributed by atoms with Gasteiger partial charge in [0, 0.05) is 54.0 Å². The van der Waals surface area contributed by atoms with E-state index in [-0.39, 0.29) is 5.24 Å². The molecule has 2 aromatic rings. The van der Waals surface area contributed by atoms with E-state index in [1.807, 2.05) is 36.9 Å². The van der Waals surface area contributed by atoms with Crippen molar-refractivity contribution in [2.24, 2.45) is 0 Å². The van der Waals surface area contributed by atoms with Gasteiger partial charge in [-0.15, -0.1) is 0 Å². The van der Waals surface area contributed by atoms with Gasteiger partial charge in [-0.1, -0.05) is 22.0 Å². The highest BCUT2D eigenvalue weighted by Gasteiger charge is 2.22. The molecule has 0 atom stereocenters. The molecule has 1 aromatic heterocycles. The monoisotopic (exact) mass is 450 g/mol. The molecule has 1 aromatic carbocycles. The molecular formula is C19H23BrN4O2S. The Hall–Kier alpha value is -1.93. The van der Waals surface area contributed by atoms with E-state index in [1.165, 1.54) is 5.69 Å². The number of anilines is 2. The van der Waals surface area contributed by atoms with Crippen molar-refractivity contribution in [2.45, 2.75) is 13.8 Å². The predicted octanol–water partition coefficient (Wildman–Crippen LogP) is 4.47. The van der Waals surface area contributed by atoms with Crippen LogP contribution in [0.4, 0.5) is 16.2 Å². The number of halogens is 1. The second-order valence-corrected chi connectivity index (χ2v) is 8.04. The molecule has 27 heavy (non-hydrogen) atoms. The first-order valence-electron chi connectivity index (χ1n) is 8.72. The van der Waals surface area contributed by atoms with Gasteiger partial charge in [0.05, 0.1) is 7.11 Å². The van der Waals surface area contributed by atoms with Crippen molar-refractivity contribution in [3.63, 3.8) is 0 Å². The van der Waals surface area contributed by atoms with Crippen LogP contribution in [0.1, 0.15) is 11.3 Å². The molecule has 0 saturated carbocycles. The number of nitrogens with one attached hydrogen (secondary N) is 1. The number of rotatable bonds is 4. The number of aryl methyl sites for hydroxylation is 2. The summed E-state index contributed by atoms with van der Waals surface area (Å²) in [5.41, 5.74) is 3.85. The van der Waals surface area contributed by atoms with E-state index < -0.39 is 0 Å². The maximum atomic E-state index is 12.6. The van der Waals surface area contributed by atoms with E-state index in [9.17, 15) is 4.79 Å². The van der Waals surface area contributed by atoms with E-state index in [0.29, 0.717) is 24.7 Å². The fourth-order valence-electron chi connectivity index (χ4n) is 2.90. The molecule has 0 unspecified atom stereocenters. The number of benzene rings is 1. The van der Waals surface area contributed by atoms with Crippen LogP contribution in [0.5, 0.6) is 5.88 Å². The van der Waals surface area contributed by atoms with Gasteiger partial charge in [-0.3, -0.25) is 4.79 Å². The van der Waals surface area contributed by atoms with Crippen LogP contribution < -0.4 is 14.4 Å². The minimum Gasteiger partial charge on any atom is -0.479 e. The Balaban J connectivity index is 1.55. The lowest BCUT2D eigenvalue weighted by Gasteiger charge is -2.35. The number of methoxy groups -OCH3 is 1. The smallest absolute Gasteiger partial charge is 0.302 e. The van der Waals surface area contributed by atoms with Crippen LogP contribution in [0.2, 0.25) is 0 Å². The summed E-state index contributed by atoms with van der Waals surface area (Å²) in [5.74, 6) is 0.498. The molecule has 0 bridgehead atoms. The lowest BCUT2D eigenvalue weighted by molar-refractivity contribution is 0.219. The molecule has 1 N–H and O–H groups in total. The van der Waals surface area contributed by atoms with E-state index in [0.717, 1.165) is 40.8 Å². The second-order valence-electron chi connectivity index (χ2n) is 6.37. The largest absolute Gasteiger partial charge is 0.479 e. The molecule has 1 aliphatic heterocycles. The quantitative estimate of drug-likeness (QED) is 0.693. The van der Waals surface area contributed by atoms with Crippen molar-refractivity contribution in [1.29, 1.82) is 0 Å². The summed E-state index contributed by atoms with van der Waals surface area (Å²) in [6.45, 7) is 6.95. The second kappa shape index (κ2) is 8.84. The third-order valence-electron chi connectivity index (χ3n) is 4.58. The molecule has 0 radical (unpaired) electrons. The molecule has 8 heteroatoms. The summed E-state index contributed by atoms with van der Waals surface area (Å²) >= 11 is 4.58. The third-order valence-corrected chi connectivity index (χ3v) is 5.83. The number of carbonyl (C=O) groups excluding carboxylic acids is 1. The molecule has 1 amide bonds. The van der Waals surface area contributed by atoms with Crippen molar-refractivity contribution in [3.05, 3.63) is 46.1 Å². The van der Waals surface area contributed by atoms with Crippen LogP contribution in [0.3, 0.4) is 0 Å². The van der Waals surface area contributed by atoms with Crippen molar-refractivity contribution < 1.29 is 9.53 Å². The zero-order valence-electron chi connectivity index (χ0n) is 15.7. The van der Waals surface area contributed by atoms with Gasteiger partial charge in [0.2, 0.25) is 5.88 Å². The summed E-state index contributed by atoms with van der Waals surface area (Å²) in [6.07, 6.45) is 0. The number of hydrogen-bond acceptors (Lipinski definition) is 6. The van der Waals surface area contributed by atoms with Crippen LogP contribution in [-0.4, -0.2) is 48.4 Å². The number of hydrogen-bond donors (Lipinski definition) is 1. The van der Waals surface area contributed by atoms with E-state index in [4.69, 9.17) is 4.74 Å². The third kappa shape index (κ3) is 4.87.